The fourth-order valence-electron chi connectivity index (χ4n) is 1.63. The predicted octanol–water partition coefficient (Wildman–Crippen LogP) is 1.79. The number of rotatable bonds is 5. The standard InChI is InChI=1S/C11H21NO3/c1-4-6-11(2,3)12-15-10-8-9(13)5-7-14-10/h10,12H,4-8H2,1-3H3. The topological polar surface area (TPSA) is 47.6 Å². The molecule has 0 amide bonds. The van der Waals surface area contributed by atoms with Crippen molar-refractivity contribution >= 4 is 5.78 Å². The van der Waals surface area contributed by atoms with Crippen LogP contribution < -0.4 is 5.48 Å². The van der Waals surface area contributed by atoms with Gasteiger partial charge in [0.1, 0.15) is 5.78 Å². The molecule has 0 spiro atoms. The number of hydrogen-bond acceptors (Lipinski definition) is 4. The average Bonchev–Trinajstić information content (AvgIpc) is 2.15. The van der Waals surface area contributed by atoms with E-state index in [9.17, 15) is 4.79 Å². The second kappa shape index (κ2) is 5.58. The smallest absolute Gasteiger partial charge is 0.184 e. The van der Waals surface area contributed by atoms with E-state index in [-0.39, 0.29) is 11.3 Å². The van der Waals surface area contributed by atoms with Crippen molar-refractivity contribution < 1.29 is 14.4 Å². The van der Waals surface area contributed by atoms with E-state index in [1.165, 1.54) is 0 Å². The van der Waals surface area contributed by atoms with Gasteiger partial charge >= 0.3 is 0 Å². The van der Waals surface area contributed by atoms with Crippen LogP contribution in [0.2, 0.25) is 0 Å². The molecule has 0 aromatic carbocycles. The second-order valence-electron chi connectivity index (χ2n) is 4.65. The number of hydroxylamine groups is 1. The van der Waals surface area contributed by atoms with Gasteiger partial charge in [-0.25, -0.2) is 0 Å². The van der Waals surface area contributed by atoms with Crippen molar-refractivity contribution in [2.24, 2.45) is 0 Å². The highest BCUT2D eigenvalue weighted by Gasteiger charge is 2.24. The summed E-state index contributed by atoms with van der Waals surface area (Å²) in [6.45, 7) is 6.74. The molecule has 1 atom stereocenters. The van der Waals surface area contributed by atoms with E-state index < -0.39 is 6.29 Å². The Bertz CT molecular complexity index is 216. The van der Waals surface area contributed by atoms with Crippen LogP contribution in [0.25, 0.3) is 0 Å². The Morgan fingerprint density at radius 2 is 2.33 bits per heavy atom. The Morgan fingerprint density at radius 3 is 2.93 bits per heavy atom. The van der Waals surface area contributed by atoms with Crippen molar-refractivity contribution in [3.63, 3.8) is 0 Å². The molecule has 1 unspecified atom stereocenters. The highest BCUT2D eigenvalue weighted by atomic mass is 16.8. The number of hydrogen-bond donors (Lipinski definition) is 1. The summed E-state index contributed by atoms with van der Waals surface area (Å²) in [5.41, 5.74) is 2.90. The Balaban J connectivity index is 2.26. The molecule has 0 aliphatic carbocycles. The second-order valence-corrected chi connectivity index (χ2v) is 4.65. The number of ether oxygens (including phenoxy) is 1. The molecular formula is C11H21NO3. The lowest BCUT2D eigenvalue weighted by Gasteiger charge is -2.29. The van der Waals surface area contributed by atoms with E-state index in [0.717, 1.165) is 12.8 Å². The molecule has 88 valence electrons. The summed E-state index contributed by atoms with van der Waals surface area (Å²) in [5, 5.41) is 0. The minimum absolute atomic E-state index is 0.0708. The molecule has 0 bridgehead atoms. The molecule has 0 aromatic heterocycles. The fraction of sp³-hybridized carbons (Fsp3) is 0.909. The molecule has 4 heteroatoms. The number of ketones is 1. The zero-order chi connectivity index (χ0) is 11.3. The van der Waals surface area contributed by atoms with Gasteiger partial charge in [-0.1, -0.05) is 13.3 Å². The Hall–Kier alpha value is -0.450. The summed E-state index contributed by atoms with van der Waals surface area (Å²) in [6.07, 6.45) is 2.57. The van der Waals surface area contributed by atoms with Gasteiger partial charge in [0.2, 0.25) is 0 Å². The van der Waals surface area contributed by atoms with E-state index in [2.05, 4.69) is 26.3 Å². The fourth-order valence-corrected chi connectivity index (χ4v) is 1.63. The average molecular weight is 215 g/mol. The Morgan fingerprint density at radius 1 is 1.60 bits per heavy atom. The Labute approximate surface area is 91.3 Å². The van der Waals surface area contributed by atoms with Crippen LogP contribution in [-0.4, -0.2) is 24.2 Å². The van der Waals surface area contributed by atoms with Gasteiger partial charge < -0.3 is 4.74 Å². The molecule has 1 fully saturated rings. The van der Waals surface area contributed by atoms with Crippen LogP contribution in [0.15, 0.2) is 0 Å². The van der Waals surface area contributed by atoms with E-state index >= 15 is 0 Å². The van der Waals surface area contributed by atoms with Crippen molar-refractivity contribution in [2.45, 2.75) is 58.3 Å². The van der Waals surface area contributed by atoms with Gasteiger partial charge in [0.15, 0.2) is 6.29 Å². The molecule has 15 heavy (non-hydrogen) atoms. The summed E-state index contributed by atoms with van der Waals surface area (Å²) in [7, 11) is 0. The van der Waals surface area contributed by atoms with Crippen molar-refractivity contribution in [3.05, 3.63) is 0 Å². The first kappa shape index (κ1) is 12.6. The lowest BCUT2D eigenvalue weighted by molar-refractivity contribution is -0.210. The van der Waals surface area contributed by atoms with Crippen molar-refractivity contribution in [1.82, 2.24) is 5.48 Å². The van der Waals surface area contributed by atoms with Gasteiger partial charge in [-0.2, -0.15) is 5.48 Å². The Kier molecular flexibility index (Phi) is 4.70. The SMILES string of the molecule is CCCC(C)(C)NOC1CC(=O)CCO1. The minimum Gasteiger partial charge on any atom is -0.350 e. The van der Waals surface area contributed by atoms with Crippen molar-refractivity contribution in [2.75, 3.05) is 6.61 Å². The van der Waals surface area contributed by atoms with E-state index in [1.54, 1.807) is 0 Å². The molecule has 1 aliphatic heterocycles. The summed E-state index contributed by atoms with van der Waals surface area (Å²) in [5.74, 6) is 0.210. The molecule has 0 radical (unpaired) electrons. The van der Waals surface area contributed by atoms with Crippen molar-refractivity contribution in [1.29, 1.82) is 0 Å². The third-order valence-electron chi connectivity index (χ3n) is 2.42. The molecule has 0 aromatic rings. The van der Waals surface area contributed by atoms with Crippen LogP contribution in [0.1, 0.15) is 46.5 Å². The first-order valence-corrected chi connectivity index (χ1v) is 5.59. The summed E-state index contributed by atoms with van der Waals surface area (Å²) in [6, 6.07) is 0. The molecular weight excluding hydrogens is 194 g/mol. The van der Waals surface area contributed by atoms with Gasteiger partial charge in [-0.15, -0.1) is 0 Å². The molecule has 1 heterocycles. The summed E-state index contributed by atoms with van der Waals surface area (Å²) >= 11 is 0. The van der Waals surface area contributed by atoms with Crippen LogP contribution in [0.5, 0.6) is 0 Å². The van der Waals surface area contributed by atoms with Gasteiger partial charge in [0.25, 0.3) is 0 Å². The predicted molar refractivity (Wildman–Crippen MR) is 57.2 cm³/mol. The van der Waals surface area contributed by atoms with Crippen LogP contribution in [-0.2, 0) is 14.4 Å². The quantitative estimate of drug-likeness (QED) is 0.710. The molecule has 1 rings (SSSR count). The van der Waals surface area contributed by atoms with E-state index in [0.29, 0.717) is 19.4 Å². The van der Waals surface area contributed by atoms with Crippen molar-refractivity contribution in [3.8, 4) is 0 Å². The van der Waals surface area contributed by atoms with E-state index in [1.807, 2.05) is 0 Å². The van der Waals surface area contributed by atoms with Crippen LogP contribution in [0.4, 0.5) is 0 Å². The maximum absolute atomic E-state index is 11.1. The highest BCUT2D eigenvalue weighted by Crippen LogP contribution is 2.14. The number of carbonyl (C=O) groups is 1. The van der Waals surface area contributed by atoms with Crippen LogP contribution in [0.3, 0.4) is 0 Å². The van der Waals surface area contributed by atoms with Crippen LogP contribution >= 0.6 is 0 Å². The number of Topliss-reactive ketones (excluding diaryl/α,β-unsaturated/α-hetero) is 1. The third-order valence-corrected chi connectivity index (χ3v) is 2.42. The molecule has 0 saturated carbocycles. The van der Waals surface area contributed by atoms with E-state index in [4.69, 9.17) is 9.57 Å². The zero-order valence-corrected chi connectivity index (χ0v) is 9.84. The lowest BCUT2D eigenvalue weighted by Crippen LogP contribution is -2.43. The molecule has 1 aliphatic rings. The van der Waals surface area contributed by atoms with Gasteiger partial charge in [-0.3, -0.25) is 9.63 Å². The monoisotopic (exact) mass is 215 g/mol. The first-order valence-electron chi connectivity index (χ1n) is 5.59. The summed E-state index contributed by atoms with van der Waals surface area (Å²) in [4.78, 5) is 16.5. The van der Waals surface area contributed by atoms with Gasteiger partial charge in [0, 0.05) is 12.0 Å². The zero-order valence-electron chi connectivity index (χ0n) is 9.84. The lowest BCUT2D eigenvalue weighted by atomic mass is 10.0. The normalized spacial score (nSPS) is 23.1. The molecule has 1 saturated heterocycles. The molecule has 4 nitrogen and oxygen atoms in total. The molecule has 1 N–H and O–H groups in total. The van der Waals surface area contributed by atoms with Gasteiger partial charge in [0.05, 0.1) is 13.0 Å². The number of carbonyl (C=O) groups excluding carboxylic acids is 1. The number of nitrogens with one attached hydrogen (secondary N) is 1. The first-order chi connectivity index (χ1) is 7.03. The maximum atomic E-state index is 11.1. The van der Waals surface area contributed by atoms with Gasteiger partial charge in [-0.05, 0) is 20.3 Å². The maximum Gasteiger partial charge on any atom is 0.184 e. The largest absolute Gasteiger partial charge is 0.350 e. The third kappa shape index (κ3) is 4.73. The minimum atomic E-state index is -0.414. The summed E-state index contributed by atoms with van der Waals surface area (Å²) < 4.78 is 5.32. The van der Waals surface area contributed by atoms with Crippen LogP contribution in [0, 0.1) is 0 Å². The highest BCUT2D eigenvalue weighted by molar-refractivity contribution is 5.79.